The molecule has 0 aromatic heterocycles. The van der Waals surface area contributed by atoms with Gasteiger partial charge in [0.1, 0.15) is 0 Å². The van der Waals surface area contributed by atoms with Crippen LogP contribution in [0.4, 0.5) is 0 Å². The molecule has 1 fully saturated rings. The van der Waals surface area contributed by atoms with Gasteiger partial charge in [-0.1, -0.05) is 37.3 Å². The molecule has 6 nitrogen and oxygen atoms in total. The lowest BCUT2D eigenvalue weighted by atomic mass is 9.98. The van der Waals surface area contributed by atoms with Gasteiger partial charge in [-0.15, -0.1) is 0 Å². The van der Waals surface area contributed by atoms with Crippen molar-refractivity contribution in [1.29, 1.82) is 0 Å². The highest BCUT2D eigenvalue weighted by Crippen LogP contribution is 2.22. The maximum absolute atomic E-state index is 10.9. The molecular formula is C15H26N3O3S+. The summed E-state index contributed by atoms with van der Waals surface area (Å²) in [6.45, 7) is 3.54. The molecule has 1 heterocycles. The number of hydrogen-bond donors (Lipinski definition) is 3. The van der Waals surface area contributed by atoms with Gasteiger partial charge in [0.15, 0.2) is 6.17 Å². The summed E-state index contributed by atoms with van der Waals surface area (Å²) >= 11 is 0. The monoisotopic (exact) mass is 328 g/mol. The van der Waals surface area contributed by atoms with Crippen LogP contribution in [-0.2, 0) is 10.1 Å². The van der Waals surface area contributed by atoms with Crippen LogP contribution in [-0.4, -0.2) is 48.9 Å². The molecule has 1 saturated heterocycles. The summed E-state index contributed by atoms with van der Waals surface area (Å²) in [6.07, 6.45) is 1.49. The van der Waals surface area contributed by atoms with Crippen LogP contribution in [0, 0.1) is 0 Å². The van der Waals surface area contributed by atoms with Crippen LogP contribution >= 0.6 is 0 Å². The van der Waals surface area contributed by atoms with Gasteiger partial charge in [0.25, 0.3) is 10.1 Å². The topological polar surface area (TPSA) is 97.3 Å². The lowest BCUT2D eigenvalue weighted by Crippen LogP contribution is -2.79. The Morgan fingerprint density at radius 3 is 2.64 bits per heavy atom. The van der Waals surface area contributed by atoms with Gasteiger partial charge in [-0.2, -0.15) is 8.42 Å². The van der Waals surface area contributed by atoms with Crippen LogP contribution in [0.2, 0.25) is 0 Å². The molecule has 3 atom stereocenters. The Morgan fingerprint density at radius 2 is 2.05 bits per heavy atom. The second kappa shape index (κ2) is 7.52. The highest BCUT2D eigenvalue weighted by atomic mass is 32.2. The largest absolute Gasteiger partial charge is 0.341 e. The zero-order valence-corrected chi connectivity index (χ0v) is 13.8. The first-order valence-corrected chi connectivity index (χ1v) is 9.35. The lowest BCUT2D eigenvalue weighted by molar-refractivity contribution is -0.470. The summed E-state index contributed by atoms with van der Waals surface area (Å²) in [4.78, 5) is 2.22. The fraction of sp³-hybridized carbons (Fsp3) is 0.600. The third-order valence-corrected chi connectivity index (χ3v) is 5.06. The molecule has 0 bridgehead atoms. The van der Waals surface area contributed by atoms with Gasteiger partial charge >= 0.3 is 0 Å². The van der Waals surface area contributed by atoms with Gasteiger partial charge in [-0.3, -0.25) is 14.8 Å². The SMILES string of the molecule is CCC1NC(c2ccccc2)CN(CCCS(=O)(=O)O)C1[NH3+]. The van der Waals surface area contributed by atoms with Gasteiger partial charge in [0.05, 0.1) is 11.8 Å². The molecule has 124 valence electrons. The highest BCUT2D eigenvalue weighted by molar-refractivity contribution is 7.85. The molecule has 0 radical (unpaired) electrons. The van der Waals surface area contributed by atoms with Crippen LogP contribution in [0.1, 0.15) is 31.4 Å². The van der Waals surface area contributed by atoms with E-state index in [0.29, 0.717) is 13.0 Å². The van der Waals surface area contributed by atoms with Crippen LogP contribution in [0.5, 0.6) is 0 Å². The van der Waals surface area contributed by atoms with Crippen molar-refractivity contribution in [1.82, 2.24) is 10.2 Å². The number of benzene rings is 1. The summed E-state index contributed by atoms with van der Waals surface area (Å²) in [5.41, 5.74) is 5.46. The number of nitrogens with zero attached hydrogens (tertiary/aromatic N) is 1. The smallest absolute Gasteiger partial charge is 0.264 e. The molecule has 1 aromatic carbocycles. The van der Waals surface area contributed by atoms with Gasteiger partial charge < -0.3 is 5.73 Å². The van der Waals surface area contributed by atoms with Crippen molar-refractivity contribution in [3.8, 4) is 0 Å². The predicted octanol–water partition coefficient (Wildman–Crippen LogP) is 0.257. The van der Waals surface area contributed by atoms with Gasteiger partial charge in [-0.05, 0) is 18.4 Å². The zero-order chi connectivity index (χ0) is 16.2. The lowest BCUT2D eigenvalue weighted by Gasteiger charge is -2.41. The average molecular weight is 328 g/mol. The first-order valence-electron chi connectivity index (χ1n) is 7.74. The maximum Gasteiger partial charge on any atom is 0.264 e. The number of hydrogen-bond acceptors (Lipinski definition) is 4. The van der Waals surface area contributed by atoms with E-state index >= 15 is 0 Å². The normalized spacial score (nSPS) is 27.0. The minimum atomic E-state index is -3.89. The Labute approximate surface area is 132 Å². The summed E-state index contributed by atoms with van der Waals surface area (Å²) in [5.74, 6) is -0.198. The van der Waals surface area contributed by atoms with Crippen LogP contribution in [0.3, 0.4) is 0 Å². The number of nitrogens with one attached hydrogen (secondary N) is 1. The first-order chi connectivity index (χ1) is 10.4. The molecule has 1 aliphatic heterocycles. The van der Waals surface area contributed by atoms with E-state index in [1.54, 1.807) is 0 Å². The molecule has 1 aliphatic rings. The van der Waals surface area contributed by atoms with Crippen LogP contribution in [0.15, 0.2) is 30.3 Å². The maximum atomic E-state index is 10.9. The fourth-order valence-corrected chi connectivity index (χ4v) is 3.52. The minimum absolute atomic E-state index is 0.103. The van der Waals surface area contributed by atoms with Gasteiger partial charge in [-0.25, -0.2) is 0 Å². The standard InChI is InChI=1S/C15H25N3O3S/c1-2-13-15(16)18(9-6-10-22(19,20)21)11-14(17-13)12-7-4-3-5-8-12/h3-5,7-8,13-15,17H,2,6,9-11,16H2,1H3,(H,19,20,21)/p+1. The zero-order valence-electron chi connectivity index (χ0n) is 13.0. The predicted molar refractivity (Wildman–Crippen MR) is 85.7 cm³/mol. The average Bonchev–Trinajstić information content (AvgIpc) is 2.48. The van der Waals surface area contributed by atoms with E-state index in [9.17, 15) is 8.42 Å². The molecular weight excluding hydrogens is 302 g/mol. The molecule has 7 heteroatoms. The Hall–Kier alpha value is -0.990. The van der Waals surface area contributed by atoms with Crippen molar-refractivity contribution in [2.45, 2.75) is 38.0 Å². The highest BCUT2D eigenvalue weighted by Gasteiger charge is 2.35. The summed E-state index contributed by atoms with van der Waals surface area (Å²) in [6, 6.07) is 10.7. The van der Waals surface area contributed by atoms with Crippen molar-refractivity contribution in [3.63, 3.8) is 0 Å². The third-order valence-electron chi connectivity index (χ3n) is 4.26. The molecule has 0 spiro atoms. The molecule has 1 aromatic rings. The van der Waals surface area contributed by atoms with E-state index in [1.165, 1.54) is 5.56 Å². The quantitative estimate of drug-likeness (QED) is 0.651. The number of rotatable bonds is 6. The second-order valence-electron chi connectivity index (χ2n) is 5.85. The van der Waals surface area contributed by atoms with Crippen LogP contribution < -0.4 is 11.1 Å². The molecule has 2 rings (SSSR count). The second-order valence-corrected chi connectivity index (χ2v) is 7.42. The molecule has 3 unspecified atom stereocenters. The fourth-order valence-electron chi connectivity index (χ4n) is 3.03. The minimum Gasteiger partial charge on any atom is -0.341 e. The Bertz CT molecular complexity index is 565. The molecule has 0 saturated carbocycles. The third kappa shape index (κ3) is 4.76. The Balaban J connectivity index is 2.04. The van der Waals surface area contributed by atoms with Crippen molar-refractivity contribution in [2.75, 3.05) is 18.8 Å². The van der Waals surface area contributed by atoms with E-state index in [1.807, 2.05) is 18.2 Å². The van der Waals surface area contributed by atoms with Crippen LogP contribution in [0.25, 0.3) is 0 Å². The van der Waals surface area contributed by atoms with Gasteiger partial charge in [0.2, 0.25) is 0 Å². The van der Waals surface area contributed by atoms with E-state index in [0.717, 1.165) is 13.0 Å². The summed E-state index contributed by atoms with van der Waals surface area (Å²) in [5, 5.41) is 3.63. The number of piperazine rings is 1. The van der Waals surface area contributed by atoms with Gasteiger partial charge in [0, 0.05) is 19.1 Å². The summed E-state index contributed by atoms with van der Waals surface area (Å²) in [7, 11) is -3.89. The van der Waals surface area contributed by atoms with Crippen molar-refractivity contribution in [3.05, 3.63) is 35.9 Å². The van der Waals surface area contributed by atoms with Crippen molar-refractivity contribution < 1.29 is 18.7 Å². The van der Waals surface area contributed by atoms with E-state index in [4.69, 9.17) is 4.55 Å². The van der Waals surface area contributed by atoms with Crippen molar-refractivity contribution >= 4 is 10.1 Å². The molecule has 5 N–H and O–H groups in total. The number of quaternary nitrogens is 1. The van der Waals surface area contributed by atoms with E-state index in [2.05, 4.69) is 35.0 Å². The molecule has 22 heavy (non-hydrogen) atoms. The van der Waals surface area contributed by atoms with Crippen molar-refractivity contribution in [2.24, 2.45) is 0 Å². The van der Waals surface area contributed by atoms with E-state index in [-0.39, 0.29) is 24.0 Å². The Kier molecular flexibility index (Phi) is 5.94. The first kappa shape index (κ1) is 17.4. The molecule has 0 amide bonds. The van der Waals surface area contributed by atoms with E-state index < -0.39 is 10.1 Å². The molecule has 0 aliphatic carbocycles. The summed E-state index contributed by atoms with van der Waals surface area (Å²) < 4.78 is 30.6. The Morgan fingerprint density at radius 1 is 1.36 bits per heavy atom.